The number of nitrogens with two attached hydrogens (primary N) is 1. The standard InChI is InChI=1S/C10H13N5/c1-6(2)9-13-14-10-7(8(11)12)4-3-5-15(9)10/h3-6H,1-2H3,(H3,11,12). The van der Waals surface area contributed by atoms with Gasteiger partial charge in [-0.05, 0) is 12.1 Å². The highest BCUT2D eigenvalue weighted by Gasteiger charge is 2.12. The van der Waals surface area contributed by atoms with Gasteiger partial charge in [0.15, 0.2) is 5.65 Å². The van der Waals surface area contributed by atoms with Crippen molar-refractivity contribution in [1.82, 2.24) is 14.6 Å². The number of nitrogen functional groups attached to an aromatic ring is 1. The van der Waals surface area contributed by atoms with Gasteiger partial charge < -0.3 is 5.73 Å². The number of rotatable bonds is 2. The zero-order valence-electron chi connectivity index (χ0n) is 8.73. The number of nitrogens with zero attached hydrogens (tertiary/aromatic N) is 3. The summed E-state index contributed by atoms with van der Waals surface area (Å²) in [5.74, 6) is 1.19. The van der Waals surface area contributed by atoms with Crippen LogP contribution in [0.5, 0.6) is 0 Å². The van der Waals surface area contributed by atoms with Crippen LogP contribution in [0.2, 0.25) is 0 Å². The van der Waals surface area contributed by atoms with Crippen molar-refractivity contribution in [1.29, 1.82) is 5.41 Å². The lowest BCUT2D eigenvalue weighted by Gasteiger charge is -2.04. The van der Waals surface area contributed by atoms with Gasteiger partial charge >= 0.3 is 0 Å². The Bertz CT molecular complexity index is 512. The fourth-order valence-electron chi connectivity index (χ4n) is 1.54. The maximum absolute atomic E-state index is 7.43. The molecular weight excluding hydrogens is 190 g/mol. The molecule has 2 rings (SSSR count). The summed E-state index contributed by atoms with van der Waals surface area (Å²) in [5, 5.41) is 15.6. The molecule has 15 heavy (non-hydrogen) atoms. The van der Waals surface area contributed by atoms with Crippen LogP contribution in [-0.2, 0) is 0 Å². The molecule has 0 aliphatic carbocycles. The van der Waals surface area contributed by atoms with Gasteiger partial charge in [0.25, 0.3) is 0 Å². The predicted molar refractivity (Wildman–Crippen MR) is 58.1 cm³/mol. The van der Waals surface area contributed by atoms with Crippen LogP contribution in [0.3, 0.4) is 0 Å². The monoisotopic (exact) mass is 203 g/mol. The molecule has 0 bridgehead atoms. The Kier molecular flexibility index (Phi) is 2.15. The minimum Gasteiger partial charge on any atom is -0.384 e. The molecule has 0 atom stereocenters. The second kappa shape index (κ2) is 3.34. The Balaban J connectivity index is 2.74. The van der Waals surface area contributed by atoms with E-state index < -0.39 is 0 Å². The molecule has 0 radical (unpaired) electrons. The number of nitrogens with one attached hydrogen (secondary N) is 1. The molecule has 0 aromatic carbocycles. The van der Waals surface area contributed by atoms with Crippen molar-refractivity contribution in [2.45, 2.75) is 19.8 Å². The molecule has 0 saturated carbocycles. The van der Waals surface area contributed by atoms with Gasteiger partial charge in [0.2, 0.25) is 0 Å². The van der Waals surface area contributed by atoms with Crippen molar-refractivity contribution in [2.24, 2.45) is 5.73 Å². The number of amidine groups is 1. The first-order valence-corrected chi connectivity index (χ1v) is 4.79. The maximum atomic E-state index is 7.43. The van der Waals surface area contributed by atoms with Crippen LogP contribution < -0.4 is 5.73 Å². The van der Waals surface area contributed by atoms with E-state index in [1.165, 1.54) is 0 Å². The molecule has 2 aromatic heterocycles. The highest BCUT2D eigenvalue weighted by atomic mass is 15.2. The number of aromatic nitrogens is 3. The summed E-state index contributed by atoms with van der Waals surface area (Å²) in [6.45, 7) is 4.10. The zero-order valence-corrected chi connectivity index (χ0v) is 8.73. The van der Waals surface area contributed by atoms with E-state index in [0.717, 1.165) is 5.82 Å². The first-order valence-electron chi connectivity index (χ1n) is 4.79. The third kappa shape index (κ3) is 1.45. The van der Waals surface area contributed by atoms with Gasteiger partial charge in [0.1, 0.15) is 11.7 Å². The van der Waals surface area contributed by atoms with Gasteiger partial charge in [-0.1, -0.05) is 13.8 Å². The highest BCUT2D eigenvalue weighted by molar-refractivity contribution is 6.00. The molecule has 3 N–H and O–H groups in total. The fraction of sp³-hybridized carbons (Fsp3) is 0.300. The minimum absolute atomic E-state index is 0.0170. The molecule has 2 aromatic rings. The van der Waals surface area contributed by atoms with Crippen LogP contribution in [-0.4, -0.2) is 20.4 Å². The average Bonchev–Trinajstić information content (AvgIpc) is 2.59. The van der Waals surface area contributed by atoms with Gasteiger partial charge in [0, 0.05) is 12.1 Å². The normalized spacial score (nSPS) is 11.1. The second-order valence-corrected chi connectivity index (χ2v) is 3.74. The van der Waals surface area contributed by atoms with Crippen LogP contribution in [0.25, 0.3) is 5.65 Å². The highest BCUT2D eigenvalue weighted by Crippen LogP contribution is 2.15. The summed E-state index contributed by atoms with van der Waals surface area (Å²) in [7, 11) is 0. The molecule has 0 aliphatic rings. The van der Waals surface area contributed by atoms with Gasteiger partial charge in [-0.25, -0.2) is 0 Å². The van der Waals surface area contributed by atoms with Crippen LogP contribution in [0.15, 0.2) is 18.3 Å². The minimum atomic E-state index is 0.0170. The predicted octanol–water partition coefficient (Wildman–Crippen LogP) is 1.14. The zero-order chi connectivity index (χ0) is 11.0. The number of hydrogen-bond acceptors (Lipinski definition) is 3. The van der Waals surface area contributed by atoms with Crippen molar-refractivity contribution >= 4 is 11.5 Å². The van der Waals surface area contributed by atoms with E-state index in [1.54, 1.807) is 6.07 Å². The molecule has 5 heteroatoms. The molecule has 2 heterocycles. The molecule has 0 saturated heterocycles. The quantitative estimate of drug-likeness (QED) is 0.567. The number of fused-ring (bicyclic) bond motifs is 1. The second-order valence-electron chi connectivity index (χ2n) is 3.74. The van der Waals surface area contributed by atoms with Crippen molar-refractivity contribution in [3.63, 3.8) is 0 Å². The molecule has 0 spiro atoms. The van der Waals surface area contributed by atoms with E-state index in [-0.39, 0.29) is 5.84 Å². The van der Waals surface area contributed by atoms with Crippen molar-refractivity contribution in [3.05, 3.63) is 29.7 Å². The lowest BCUT2D eigenvalue weighted by molar-refractivity contribution is 0.759. The first kappa shape index (κ1) is 9.64. The molecule has 0 unspecified atom stereocenters. The van der Waals surface area contributed by atoms with Crippen LogP contribution in [0.1, 0.15) is 31.2 Å². The van der Waals surface area contributed by atoms with Crippen molar-refractivity contribution < 1.29 is 0 Å². The van der Waals surface area contributed by atoms with E-state index in [4.69, 9.17) is 11.1 Å². The Morgan fingerprint density at radius 3 is 2.80 bits per heavy atom. The Morgan fingerprint density at radius 1 is 1.47 bits per heavy atom. The summed E-state index contributed by atoms with van der Waals surface area (Å²) >= 11 is 0. The lowest BCUT2D eigenvalue weighted by Crippen LogP contribution is -2.12. The third-order valence-corrected chi connectivity index (χ3v) is 2.27. The van der Waals surface area contributed by atoms with Gasteiger partial charge in [-0.2, -0.15) is 0 Å². The summed E-state index contributed by atoms with van der Waals surface area (Å²) in [6.07, 6.45) is 1.89. The Morgan fingerprint density at radius 2 is 2.20 bits per heavy atom. The Hall–Kier alpha value is -1.91. The fourth-order valence-corrected chi connectivity index (χ4v) is 1.54. The maximum Gasteiger partial charge on any atom is 0.171 e. The van der Waals surface area contributed by atoms with Gasteiger partial charge in [0.05, 0.1) is 5.56 Å². The number of hydrogen-bond donors (Lipinski definition) is 2. The van der Waals surface area contributed by atoms with Crippen LogP contribution in [0, 0.1) is 5.41 Å². The third-order valence-electron chi connectivity index (χ3n) is 2.27. The van der Waals surface area contributed by atoms with Crippen molar-refractivity contribution in [3.8, 4) is 0 Å². The van der Waals surface area contributed by atoms with E-state index in [2.05, 4.69) is 24.0 Å². The summed E-state index contributed by atoms with van der Waals surface area (Å²) in [4.78, 5) is 0. The molecule has 78 valence electrons. The van der Waals surface area contributed by atoms with E-state index in [0.29, 0.717) is 17.1 Å². The van der Waals surface area contributed by atoms with Gasteiger partial charge in [-0.3, -0.25) is 9.81 Å². The number of pyridine rings is 1. The van der Waals surface area contributed by atoms with Crippen LogP contribution in [0.4, 0.5) is 0 Å². The molecule has 0 amide bonds. The van der Waals surface area contributed by atoms with E-state index in [9.17, 15) is 0 Å². The average molecular weight is 203 g/mol. The SMILES string of the molecule is CC(C)c1nnc2c(C(=N)N)cccn12. The topological polar surface area (TPSA) is 80.1 Å². The molecule has 0 fully saturated rings. The summed E-state index contributed by atoms with van der Waals surface area (Å²) in [5.41, 5.74) is 6.74. The van der Waals surface area contributed by atoms with E-state index >= 15 is 0 Å². The summed E-state index contributed by atoms with van der Waals surface area (Å²) < 4.78 is 1.88. The Labute approximate surface area is 87.4 Å². The van der Waals surface area contributed by atoms with Gasteiger partial charge in [-0.15, -0.1) is 10.2 Å². The van der Waals surface area contributed by atoms with E-state index in [1.807, 2.05) is 16.7 Å². The molecule has 0 aliphatic heterocycles. The van der Waals surface area contributed by atoms with Crippen molar-refractivity contribution in [2.75, 3.05) is 0 Å². The smallest absolute Gasteiger partial charge is 0.171 e. The largest absolute Gasteiger partial charge is 0.384 e. The summed E-state index contributed by atoms with van der Waals surface area (Å²) in [6, 6.07) is 3.62. The first-order chi connectivity index (χ1) is 7.11. The lowest BCUT2D eigenvalue weighted by atomic mass is 10.2. The molecule has 5 nitrogen and oxygen atoms in total. The van der Waals surface area contributed by atoms with Crippen LogP contribution >= 0.6 is 0 Å². The molecular formula is C10H13N5.